The molecule has 2 atom stereocenters. The number of aliphatic hydroxyl groups is 1. The molecule has 1 aromatic rings. The zero-order chi connectivity index (χ0) is 13.6. The molecule has 0 radical (unpaired) electrons. The van der Waals surface area contributed by atoms with Crippen LogP contribution in [0.3, 0.4) is 0 Å². The normalized spacial score (nSPS) is 24.4. The topological polar surface area (TPSA) is 98.6 Å². The Hall–Kier alpha value is -2.02. The van der Waals surface area contributed by atoms with E-state index in [4.69, 9.17) is 4.74 Å². The Balaban J connectivity index is 2.26. The maximum absolute atomic E-state index is 11.7. The van der Waals surface area contributed by atoms with E-state index in [2.05, 4.69) is 14.9 Å². The first-order chi connectivity index (χ1) is 9.13. The largest absolute Gasteiger partial charge is 0.464 e. The molecule has 0 saturated carbocycles. The third kappa shape index (κ3) is 1.69. The molecular weight excluding hydrogens is 252 g/mol. The minimum Gasteiger partial charge on any atom is -0.464 e. The van der Waals surface area contributed by atoms with Gasteiger partial charge in [-0.2, -0.15) is 0 Å². The van der Waals surface area contributed by atoms with Gasteiger partial charge in [-0.3, -0.25) is 0 Å². The van der Waals surface area contributed by atoms with Crippen molar-refractivity contribution < 1.29 is 24.2 Å². The third-order valence-electron chi connectivity index (χ3n) is 3.47. The van der Waals surface area contributed by atoms with Crippen LogP contribution in [0.2, 0.25) is 0 Å². The van der Waals surface area contributed by atoms with Gasteiger partial charge in [-0.05, 0) is 19.3 Å². The van der Waals surface area contributed by atoms with Crippen molar-refractivity contribution in [2.45, 2.75) is 31.5 Å². The van der Waals surface area contributed by atoms with E-state index >= 15 is 0 Å². The van der Waals surface area contributed by atoms with Crippen LogP contribution < -0.4 is 0 Å². The van der Waals surface area contributed by atoms with Gasteiger partial charge in [0.15, 0.2) is 11.4 Å². The fraction of sp³-hybridized carbons (Fsp3) is 0.500. The molecule has 7 heteroatoms. The standard InChI is InChI=1S/C12H12N2O5/c1-18-11(16)9-7-5(15)3-2-4-6-8(7)10(14-13-9)12(17)19-6/h5-6,15H,2-4H2,1H3/t5-,6?/m1/s1. The van der Waals surface area contributed by atoms with Crippen molar-refractivity contribution in [3.05, 3.63) is 22.5 Å². The molecule has 0 bridgehead atoms. The van der Waals surface area contributed by atoms with Gasteiger partial charge in [-0.1, -0.05) is 0 Å². The number of methoxy groups -OCH3 is 1. The lowest BCUT2D eigenvalue weighted by molar-refractivity contribution is 0.0362. The van der Waals surface area contributed by atoms with Crippen LogP contribution in [0.1, 0.15) is 63.6 Å². The summed E-state index contributed by atoms with van der Waals surface area (Å²) in [6, 6.07) is 0. The highest BCUT2D eigenvalue weighted by Gasteiger charge is 2.41. The average molecular weight is 264 g/mol. The Morgan fingerprint density at radius 1 is 1.37 bits per heavy atom. The predicted octanol–water partition coefficient (Wildman–Crippen LogP) is 0.692. The first-order valence-electron chi connectivity index (χ1n) is 6.01. The number of carbonyl (C=O) groups is 2. The van der Waals surface area contributed by atoms with Gasteiger partial charge in [0.05, 0.1) is 13.2 Å². The zero-order valence-corrected chi connectivity index (χ0v) is 10.3. The first-order valence-corrected chi connectivity index (χ1v) is 6.01. The third-order valence-corrected chi connectivity index (χ3v) is 3.47. The molecule has 2 aliphatic rings. The van der Waals surface area contributed by atoms with Gasteiger partial charge in [0.25, 0.3) is 0 Å². The van der Waals surface area contributed by atoms with Gasteiger partial charge in [-0.15, -0.1) is 10.2 Å². The van der Waals surface area contributed by atoms with Crippen LogP contribution in [0.15, 0.2) is 0 Å². The van der Waals surface area contributed by atoms with Crippen molar-refractivity contribution in [2.24, 2.45) is 0 Å². The summed E-state index contributed by atoms with van der Waals surface area (Å²) in [7, 11) is 1.23. The number of carbonyl (C=O) groups excluding carboxylic acids is 2. The molecule has 0 spiro atoms. The molecule has 3 rings (SSSR count). The number of esters is 2. The van der Waals surface area contributed by atoms with Crippen LogP contribution in [-0.4, -0.2) is 34.4 Å². The van der Waals surface area contributed by atoms with Gasteiger partial charge < -0.3 is 14.6 Å². The van der Waals surface area contributed by atoms with Gasteiger partial charge in [-0.25, -0.2) is 9.59 Å². The quantitative estimate of drug-likeness (QED) is 0.745. The number of hydrogen-bond donors (Lipinski definition) is 1. The lowest BCUT2D eigenvalue weighted by Gasteiger charge is -2.14. The monoisotopic (exact) mass is 264 g/mol. The van der Waals surface area contributed by atoms with Gasteiger partial charge in [0.2, 0.25) is 0 Å². The Morgan fingerprint density at radius 3 is 2.89 bits per heavy atom. The molecular formula is C12H12N2O5. The second kappa shape index (κ2) is 4.27. The fourth-order valence-corrected chi connectivity index (χ4v) is 2.61. The summed E-state index contributed by atoms with van der Waals surface area (Å²) in [4.78, 5) is 23.4. The van der Waals surface area contributed by atoms with Crippen LogP contribution >= 0.6 is 0 Å². The van der Waals surface area contributed by atoms with E-state index in [1.54, 1.807) is 0 Å². The number of ether oxygens (including phenoxy) is 2. The minimum atomic E-state index is -0.863. The van der Waals surface area contributed by atoms with E-state index in [9.17, 15) is 14.7 Å². The average Bonchev–Trinajstić information content (AvgIpc) is 2.64. The molecule has 0 fully saturated rings. The fourth-order valence-electron chi connectivity index (χ4n) is 2.61. The Bertz CT molecular complexity index is 571. The molecule has 1 aromatic heterocycles. The Labute approximate surface area is 108 Å². The van der Waals surface area contributed by atoms with Gasteiger partial charge >= 0.3 is 11.9 Å². The number of aliphatic hydroxyl groups excluding tert-OH is 1. The lowest BCUT2D eigenvalue weighted by atomic mass is 9.98. The van der Waals surface area contributed by atoms with Crippen LogP contribution in [0.25, 0.3) is 0 Å². The van der Waals surface area contributed by atoms with Crippen LogP contribution in [0.4, 0.5) is 0 Å². The molecule has 1 N–H and O–H groups in total. The van der Waals surface area contributed by atoms with E-state index in [0.29, 0.717) is 30.4 Å². The molecule has 0 amide bonds. The summed E-state index contributed by atoms with van der Waals surface area (Å²) in [6.45, 7) is 0. The smallest absolute Gasteiger partial charge is 0.359 e. The molecule has 1 unspecified atom stereocenters. The van der Waals surface area contributed by atoms with Crippen LogP contribution in [-0.2, 0) is 9.47 Å². The molecule has 2 heterocycles. The van der Waals surface area contributed by atoms with Crippen molar-refractivity contribution in [1.29, 1.82) is 0 Å². The van der Waals surface area contributed by atoms with E-state index in [0.717, 1.165) is 0 Å². The van der Waals surface area contributed by atoms with Gasteiger partial charge in [0.1, 0.15) is 6.10 Å². The van der Waals surface area contributed by atoms with E-state index in [1.807, 2.05) is 0 Å². The summed E-state index contributed by atoms with van der Waals surface area (Å²) in [5.41, 5.74) is 0.864. The Morgan fingerprint density at radius 2 is 2.16 bits per heavy atom. The molecule has 7 nitrogen and oxygen atoms in total. The zero-order valence-electron chi connectivity index (χ0n) is 10.3. The van der Waals surface area contributed by atoms with Crippen molar-refractivity contribution in [3.8, 4) is 0 Å². The molecule has 1 aliphatic carbocycles. The number of nitrogens with zero attached hydrogens (tertiary/aromatic N) is 2. The molecule has 100 valence electrons. The second-order valence-electron chi connectivity index (χ2n) is 4.56. The molecule has 0 saturated heterocycles. The SMILES string of the molecule is COC(=O)c1nnc2c3c1[C@H](O)CCCC3OC2=O. The Kier molecular flexibility index (Phi) is 2.70. The second-order valence-corrected chi connectivity index (χ2v) is 4.56. The highest BCUT2D eigenvalue weighted by atomic mass is 16.6. The number of rotatable bonds is 1. The van der Waals surface area contributed by atoms with Crippen molar-refractivity contribution >= 4 is 11.9 Å². The maximum Gasteiger partial charge on any atom is 0.359 e. The van der Waals surface area contributed by atoms with Crippen molar-refractivity contribution in [1.82, 2.24) is 10.2 Å². The molecule has 19 heavy (non-hydrogen) atoms. The number of aromatic nitrogens is 2. The van der Waals surface area contributed by atoms with Crippen molar-refractivity contribution in [2.75, 3.05) is 7.11 Å². The lowest BCUT2D eigenvalue weighted by Crippen LogP contribution is -2.16. The summed E-state index contributed by atoms with van der Waals surface area (Å²) in [5.74, 6) is -1.23. The van der Waals surface area contributed by atoms with Crippen LogP contribution in [0.5, 0.6) is 0 Å². The van der Waals surface area contributed by atoms with E-state index < -0.39 is 24.1 Å². The summed E-state index contributed by atoms with van der Waals surface area (Å²) in [6.07, 6.45) is 0.463. The molecule has 0 aromatic carbocycles. The first kappa shape index (κ1) is 12.0. The predicted molar refractivity (Wildman–Crippen MR) is 60.3 cm³/mol. The summed E-state index contributed by atoms with van der Waals surface area (Å²) in [5, 5.41) is 17.6. The number of hydrogen-bond acceptors (Lipinski definition) is 7. The van der Waals surface area contributed by atoms with Crippen LogP contribution in [0, 0.1) is 0 Å². The van der Waals surface area contributed by atoms with E-state index in [1.165, 1.54) is 7.11 Å². The minimum absolute atomic E-state index is 0.0426. The van der Waals surface area contributed by atoms with Crippen molar-refractivity contribution in [3.63, 3.8) is 0 Å². The van der Waals surface area contributed by atoms with E-state index in [-0.39, 0.29) is 11.4 Å². The highest BCUT2D eigenvalue weighted by Crippen LogP contribution is 2.42. The maximum atomic E-state index is 11.7. The summed E-state index contributed by atoms with van der Waals surface area (Å²) < 4.78 is 9.84. The molecule has 1 aliphatic heterocycles. The highest BCUT2D eigenvalue weighted by molar-refractivity contribution is 5.95. The van der Waals surface area contributed by atoms with Gasteiger partial charge in [0, 0.05) is 11.1 Å². The summed E-state index contributed by atoms with van der Waals surface area (Å²) >= 11 is 0.